The van der Waals surface area contributed by atoms with Crippen LogP contribution in [-0.2, 0) is 37.0 Å². The van der Waals surface area contributed by atoms with Gasteiger partial charge in [-0.15, -0.1) is 0 Å². The van der Waals surface area contributed by atoms with E-state index in [-0.39, 0.29) is 6.61 Å². The minimum absolute atomic E-state index is 0.235. The van der Waals surface area contributed by atoms with Crippen molar-refractivity contribution in [3.63, 3.8) is 0 Å². The van der Waals surface area contributed by atoms with Crippen LogP contribution in [0.2, 0.25) is 0 Å². The van der Waals surface area contributed by atoms with Crippen molar-refractivity contribution in [1.82, 2.24) is 24.3 Å². The van der Waals surface area contributed by atoms with Gasteiger partial charge in [0.05, 0.1) is 43.6 Å². The molecule has 3 heterocycles. The molecule has 2 aromatic rings. The van der Waals surface area contributed by atoms with Crippen molar-refractivity contribution in [3.8, 4) is 0 Å². The third-order valence-corrected chi connectivity index (χ3v) is 4.83. The second-order valence-electron chi connectivity index (χ2n) is 7.21. The monoisotopic (exact) mass is 509 g/mol. The smallest absolute Gasteiger partial charge is 0.160 e. The Labute approximate surface area is 206 Å². The molecule has 15 nitrogen and oxygen atoms in total. The van der Waals surface area contributed by atoms with Crippen LogP contribution in [0.3, 0.4) is 0 Å². The predicted molar refractivity (Wildman–Crippen MR) is 113 cm³/mol. The average Bonchev–Trinajstić information content (AvgIpc) is 3.18. The van der Waals surface area contributed by atoms with Crippen LogP contribution >= 0.6 is 0 Å². The molecule has 3 rings (SSSR count). The molecular formula is C21H27N5O10-4. The quantitative estimate of drug-likeness (QED) is 0.258. The number of hydrogen-bond donors (Lipinski definition) is 1. The number of fused-ring (bicyclic) bond motifs is 1. The van der Waals surface area contributed by atoms with Crippen molar-refractivity contribution < 1.29 is 49.4 Å². The molecule has 0 atom stereocenters. The fourth-order valence-corrected chi connectivity index (χ4v) is 3.17. The van der Waals surface area contributed by atoms with Gasteiger partial charge < -0.3 is 54.0 Å². The van der Waals surface area contributed by atoms with E-state index in [1.54, 1.807) is 0 Å². The summed E-state index contributed by atoms with van der Waals surface area (Å²) in [7, 11) is 0. The molecule has 36 heavy (non-hydrogen) atoms. The molecule has 1 aliphatic rings. The third kappa shape index (κ3) is 10.7. The number of imidazole rings is 1. The Morgan fingerprint density at radius 3 is 2.00 bits per heavy atom. The Morgan fingerprint density at radius 2 is 1.50 bits per heavy atom. The minimum Gasteiger partial charge on any atom is -0.543 e. The number of ether oxygens (including phenoxy) is 1. The second-order valence-corrected chi connectivity index (χ2v) is 7.21. The summed E-state index contributed by atoms with van der Waals surface area (Å²) in [5.74, 6) is -7.69. The number of aliphatic hydroxyl groups excluding tert-OH is 1. The second kappa shape index (κ2) is 16.1. The summed E-state index contributed by atoms with van der Waals surface area (Å²) in [6, 6.07) is 3.95. The van der Waals surface area contributed by atoms with Gasteiger partial charge in [0.2, 0.25) is 0 Å². The maximum absolute atomic E-state index is 9.05. The maximum Gasteiger partial charge on any atom is 0.160 e. The van der Waals surface area contributed by atoms with Crippen LogP contribution in [0, 0.1) is 0 Å². The number of aromatic nitrogens is 3. The molecule has 0 unspecified atom stereocenters. The molecule has 0 bridgehead atoms. The van der Waals surface area contributed by atoms with Gasteiger partial charge in [0, 0.05) is 52.1 Å². The van der Waals surface area contributed by atoms with E-state index < -0.39 is 23.9 Å². The topological polar surface area (TPSA) is 227 Å². The molecular weight excluding hydrogens is 482 g/mol. The first kappa shape index (κ1) is 30.4. The van der Waals surface area contributed by atoms with Crippen molar-refractivity contribution in [3.05, 3.63) is 24.2 Å². The van der Waals surface area contributed by atoms with E-state index in [4.69, 9.17) is 54.4 Å². The first-order chi connectivity index (χ1) is 17.1. The Kier molecular flexibility index (Phi) is 13.6. The number of rotatable bonds is 8. The van der Waals surface area contributed by atoms with Crippen molar-refractivity contribution in [1.29, 1.82) is 0 Å². The average molecular weight is 509 g/mol. The van der Waals surface area contributed by atoms with Gasteiger partial charge in [0.25, 0.3) is 0 Å². The summed E-state index contributed by atoms with van der Waals surface area (Å²) in [5, 5.41) is 44.8. The fourth-order valence-electron chi connectivity index (χ4n) is 3.17. The van der Waals surface area contributed by atoms with Gasteiger partial charge in [0.15, 0.2) is 5.65 Å². The lowest BCUT2D eigenvalue weighted by atomic mass is 10.3. The van der Waals surface area contributed by atoms with Crippen LogP contribution in [0.5, 0.6) is 0 Å². The molecule has 1 saturated heterocycles. The zero-order chi connectivity index (χ0) is 27.1. The summed E-state index contributed by atoms with van der Waals surface area (Å²) in [4.78, 5) is 49.7. The van der Waals surface area contributed by atoms with Gasteiger partial charge in [0.1, 0.15) is 11.3 Å². The van der Waals surface area contributed by atoms with E-state index in [0.29, 0.717) is 6.61 Å². The number of carboxylic acid groups (broad SMARTS) is 4. The molecule has 0 radical (unpaired) electrons. The highest BCUT2D eigenvalue weighted by Crippen LogP contribution is 2.16. The minimum atomic E-state index is -2.19. The molecule has 0 spiro atoms. The van der Waals surface area contributed by atoms with E-state index in [1.807, 2.05) is 25.3 Å². The van der Waals surface area contributed by atoms with E-state index in [1.165, 1.54) is 0 Å². The SMILES string of the molecule is CCOCCn1c(CN2CCN(CCO)CC2)nc2cccnc21.O=C([O-])C(=O)[O-].O=C([O-])C(=O)[O-]. The van der Waals surface area contributed by atoms with Gasteiger partial charge in [-0.05, 0) is 19.1 Å². The summed E-state index contributed by atoms with van der Waals surface area (Å²) < 4.78 is 7.71. The first-order valence-electron chi connectivity index (χ1n) is 10.9. The highest BCUT2D eigenvalue weighted by molar-refractivity contribution is 6.25. The molecule has 15 heteroatoms. The highest BCUT2D eigenvalue weighted by Gasteiger charge is 2.19. The highest BCUT2D eigenvalue weighted by atomic mass is 16.5. The van der Waals surface area contributed by atoms with Gasteiger partial charge in [-0.3, -0.25) is 9.80 Å². The standard InChI is InChI=1S/C17H27N5O2.2C2H2O4/c1-2-24-13-11-22-16(19-15-4-3-5-18-17(15)22)14-21-8-6-20(7-9-21)10-12-23;2*3-1(4)2(5)6/h3-5,23H,2,6-14H2,1H3;2*(H,3,4)(H,5,6)/p-4. The summed E-state index contributed by atoms with van der Waals surface area (Å²) in [6.07, 6.45) is 1.82. The van der Waals surface area contributed by atoms with E-state index in [2.05, 4.69) is 19.4 Å². The van der Waals surface area contributed by atoms with Crippen LogP contribution in [0.25, 0.3) is 11.2 Å². The van der Waals surface area contributed by atoms with Crippen LogP contribution in [-0.4, -0.2) is 106 Å². The number of nitrogens with zero attached hydrogens (tertiary/aromatic N) is 5. The normalized spacial score (nSPS) is 13.7. The van der Waals surface area contributed by atoms with Crippen molar-refractivity contribution in [2.24, 2.45) is 0 Å². The van der Waals surface area contributed by atoms with E-state index in [0.717, 1.165) is 69.4 Å². The Balaban J connectivity index is 0.000000450. The zero-order valence-electron chi connectivity index (χ0n) is 19.7. The first-order valence-corrected chi connectivity index (χ1v) is 10.9. The molecule has 0 aromatic carbocycles. The van der Waals surface area contributed by atoms with Crippen LogP contribution in [0.15, 0.2) is 18.3 Å². The Morgan fingerprint density at radius 1 is 0.944 bits per heavy atom. The predicted octanol–water partition coefficient (Wildman–Crippen LogP) is -6.45. The number of carboxylic acids is 4. The van der Waals surface area contributed by atoms with Gasteiger partial charge in [-0.1, -0.05) is 0 Å². The Hall–Kier alpha value is -3.66. The van der Waals surface area contributed by atoms with Gasteiger partial charge in [-0.25, -0.2) is 9.97 Å². The third-order valence-electron chi connectivity index (χ3n) is 4.83. The van der Waals surface area contributed by atoms with Crippen molar-refractivity contribution >= 4 is 35.0 Å². The van der Waals surface area contributed by atoms with Crippen LogP contribution in [0.4, 0.5) is 0 Å². The number of carbonyl (C=O) groups excluding carboxylic acids is 4. The number of carbonyl (C=O) groups is 4. The summed E-state index contributed by atoms with van der Waals surface area (Å²) in [6.45, 7) is 10.0. The lowest BCUT2D eigenvalue weighted by Crippen LogP contribution is -2.46. The number of aliphatic hydroxyl groups is 1. The van der Waals surface area contributed by atoms with Gasteiger partial charge in [-0.2, -0.15) is 0 Å². The molecule has 2 aromatic heterocycles. The lowest BCUT2D eigenvalue weighted by Gasteiger charge is -2.34. The maximum atomic E-state index is 9.05. The number of hydrogen-bond acceptors (Lipinski definition) is 14. The number of aliphatic carboxylic acids is 4. The molecule has 1 N–H and O–H groups in total. The molecule has 0 saturated carbocycles. The fraction of sp³-hybridized carbons (Fsp3) is 0.524. The number of piperazine rings is 1. The van der Waals surface area contributed by atoms with Crippen molar-refractivity contribution in [2.75, 3.05) is 52.5 Å². The van der Waals surface area contributed by atoms with E-state index in [9.17, 15) is 0 Å². The molecule has 0 aliphatic carbocycles. The van der Waals surface area contributed by atoms with E-state index >= 15 is 0 Å². The summed E-state index contributed by atoms with van der Waals surface area (Å²) >= 11 is 0. The zero-order valence-corrected chi connectivity index (χ0v) is 19.7. The van der Waals surface area contributed by atoms with Crippen molar-refractivity contribution in [2.45, 2.75) is 20.0 Å². The molecule has 1 aliphatic heterocycles. The number of β-amino-alcohol motifs (C(OH)–C–C–N with tert-alkyl or cyclic N) is 1. The molecule has 0 amide bonds. The lowest BCUT2D eigenvalue weighted by molar-refractivity contribution is -0.345. The van der Waals surface area contributed by atoms with Crippen LogP contribution in [0.1, 0.15) is 12.7 Å². The summed E-state index contributed by atoms with van der Waals surface area (Å²) in [5.41, 5.74) is 1.88. The number of pyridine rings is 1. The Bertz CT molecular complexity index is 956. The molecule has 1 fully saturated rings. The van der Waals surface area contributed by atoms with Crippen LogP contribution < -0.4 is 20.4 Å². The largest absolute Gasteiger partial charge is 0.543 e. The van der Waals surface area contributed by atoms with Gasteiger partial charge >= 0.3 is 0 Å². The molecule has 200 valence electrons.